The summed E-state index contributed by atoms with van der Waals surface area (Å²) < 4.78 is 10.8. The Labute approximate surface area is 174 Å². The van der Waals surface area contributed by atoms with Gasteiger partial charge < -0.3 is 25.0 Å². The molecule has 1 unspecified atom stereocenters. The second-order valence-corrected chi connectivity index (χ2v) is 6.30. The number of hydrogen-bond donors (Lipinski definition) is 2. The highest BCUT2D eigenvalue weighted by molar-refractivity contribution is 14.0. The molecule has 2 N–H and O–H groups in total. The molecule has 1 aromatic rings. The Hall–Kier alpha value is -1.26. The first kappa shape index (κ1) is 22.8. The summed E-state index contributed by atoms with van der Waals surface area (Å²) in [6, 6.07) is 8.08. The topological polar surface area (TPSA) is 61.4 Å². The minimum atomic E-state index is 0. The number of guanidine groups is 1. The van der Waals surface area contributed by atoms with Crippen LogP contribution in [0.5, 0.6) is 11.5 Å². The van der Waals surface area contributed by atoms with Gasteiger partial charge in [-0.15, -0.1) is 24.0 Å². The molecule has 26 heavy (non-hydrogen) atoms. The van der Waals surface area contributed by atoms with Crippen molar-refractivity contribution in [1.29, 1.82) is 0 Å². The van der Waals surface area contributed by atoms with Crippen LogP contribution in [0, 0.1) is 0 Å². The van der Waals surface area contributed by atoms with E-state index >= 15 is 0 Å². The number of ether oxygens (including phenoxy) is 2. The van der Waals surface area contributed by atoms with E-state index in [2.05, 4.69) is 39.5 Å². The van der Waals surface area contributed by atoms with E-state index in [-0.39, 0.29) is 24.0 Å². The van der Waals surface area contributed by atoms with Gasteiger partial charge in [-0.2, -0.15) is 0 Å². The van der Waals surface area contributed by atoms with Crippen molar-refractivity contribution in [2.24, 2.45) is 4.99 Å². The summed E-state index contributed by atoms with van der Waals surface area (Å²) in [5.74, 6) is 2.46. The van der Waals surface area contributed by atoms with Gasteiger partial charge >= 0.3 is 0 Å². The normalized spacial score (nSPS) is 18.8. The quantitative estimate of drug-likeness (QED) is 0.266. The molecule has 1 aliphatic rings. The largest absolute Gasteiger partial charge is 0.497 e. The molecular formula is C18H32IN5O2. The zero-order valence-corrected chi connectivity index (χ0v) is 18.5. The van der Waals surface area contributed by atoms with E-state index in [1.165, 1.54) is 0 Å². The number of aliphatic imine (C=N–C) groups is 1. The van der Waals surface area contributed by atoms with E-state index < -0.39 is 0 Å². The second-order valence-electron chi connectivity index (χ2n) is 6.30. The Morgan fingerprint density at radius 2 is 1.85 bits per heavy atom. The molecule has 0 spiro atoms. The maximum Gasteiger partial charge on any atom is 0.191 e. The first-order valence-corrected chi connectivity index (χ1v) is 8.72. The van der Waals surface area contributed by atoms with Crippen LogP contribution in [0.2, 0.25) is 0 Å². The van der Waals surface area contributed by atoms with Crippen LogP contribution in [0.25, 0.3) is 0 Å². The summed E-state index contributed by atoms with van der Waals surface area (Å²) in [5.41, 5.74) is 0. The summed E-state index contributed by atoms with van der Waals surface area (Å²) in [6.07, 6.45) is 0. The molecule has 2 rings (SSSR count). The number of nitrogens with zero attached hydrogens (tertiary/aromatic N) is 3. The molecule has 148 valence electrons. The molecule has 1 atom stereocenters. The van der Waals surface area contributed by atoms with Crippen molar-refractivity contribution in [2.75, 3.05) is 67.6 Å². The minimum absolute atomic E-state index is 0. The van der Waals surface area contributed by atoms with E-state index in [9.17, 15) is 0 Å². The third-order valence-electron chi connectivity index (χ3n) is 4.43. The minimum Gasteiger partial charge on any atom is -0.497 e. The number of hydrogen-bond acceptors (Lipinski definition) is 5. The van der Waals surface area contributed by atoms with E-state index in [0.29, 0.717) is 19.2 Å². The van der Waals surface area contributed by atoms with Gasteiger partial charge in [0.05, 0.1) is 13.7 Å². The molecule has 1 aliphatic heterocycles. The molecule has 1 saturated heterocycles. The number of nitrogens with one attached hydrogen (secondary N) is 2. The summed E-state index contributed by atoms with van der Waals surface area (Å²) in [6.45, 7) is 5.43. The van der Waals surface area contributed by atoms with Crippen LogP contribution >= 0.6 is 24.0 Å². The first-order chi connectivity index (χ1) is 12.1. The highest BCUT2D eigenvalue weighted by Gasteiger charge is 2.21. The van der Waals surface area contributed by atoms with Gasteiger partial charge in [0.1, 0.15) is 18.1 Å². The molecule has 0 aliphatic carbocycles. The van der Waals surface area contributed by atoms with Gasteiger partial charge in [-0.1, -0.05) is 0 Å². The van der Waals surface area contributed by atoms with Crippen LogP contribution in [0.15, 0.2) is 29.3 Å². The molecule has 8 heteroatoms. The average Bonchev–Trinajstić information content (AvgIpc) is 2.64. The highest BCUT2D eigenvalue weighted by atomic mass is 127. The summed E-state index contributed by atoms with van der Waals surface area (Å²) in [5, 5.41) is 6.69. The van der Waals surface area contributed by atoms with Crippen molar-refractivity contribution < 1.29 is 9.47 Å². The van der Waals surface area contributed by atoms with Gasteiger partial charge in [-0.05, 0) is 38.4 Å². The van der Waals surface area contributed by atoms with Gasteiger partial charge in [0.25, 0.3) is 0 Å². The third kappa shape index (κ3) is 7.55. The Bertz CT molecular complexity index is 541. The van der Waals surface area contributed by atoms with Gasteiger partial charge in [-0.3, -0.25) is 9.89 Å². The van der Waals surface area contributed by atoms with Gasteiger partial charge in [0.2, 0.25) is 0 Å². The van der Waals surface area contributed by atoms with E-state index in [1.807, 2.05) is 24.3 Å². The van der Waals surface area contributed by atoms with Crippen molar-refractivity contribution in [2.45, 2.75) is 6.04 Å². The molecule has 0 aromatic heterocycles. The lowest BCUT2D eigenvalue weighted by molar-refractivity contribution is 0.116. The molecule has 7 nitrogen and oxygen atoms in total. The third-order valence-corrected chi connectivity index (χ3v) is 4.43. The van der Waals surface area contributed by atoms with Crippen molar-refractivity contribution >= 4 is 29.9 Å². The average molecular weight is 477 g/mol. The second kappa shape index (κ2) is 12.2. The monoisotopic (exact) mass is 477 g/mol. The Morgan fingerprint density at radius 3 is 2.50 bits per heavy atom. The zero-order chi connectivity index (χ0) is 18.1. The molecule has 0 saturated carbocycles. The Kier molecular flexibility index (Phi) is 10.7. The molecular weight excluding hydrogens is 445 g/mol. The SMILES string of the molecule is CN=C(NCCOc1ccc(OC)cc1)NCC1CN(C)CCN1C.I. The fraction of sp³-hybridized carbons (Fsp3) is 0.611. The fourth-order valence-electron chi connectivity index (χ4n) is 2.77. The lowest BCUT2D eigenvalue weighted by atomic mass is 10.2. The summed E-state index contributed by atoms with van der Waals surface area (Å²) in [7, 11) is 7.79. The summed E-state index contributed by atoms with van der Waals surface area (Å²) in [4.78, 5) is 9.04. The molecule has 0 amide bonds. The molecule has 1 heterocycles. The van der Waals surface area contributed by atoms with E-state index in [1.54, 1.807) is 14.2 Å². The van der Waals surface area contributed by atoms with Crippen LogP contribution in [0.1, 0.15) is 0 Å². The lowest BCUT2D eigenvalue weighted by Crippen LogP contribution is -2.55. The Balaban J connectivity index is 0.00000338. The van der Waals surface area contributed by atoms with Gasteiger partial charge in [-0.25, -0.2) is 0 Å². The van der Waals surface area contributed by atoms with E-state index in [4.69, 9.17) is 9.47 Å². The predicted molar refractivity (Wildman–Crippen MR) is 117 cm³/mol. The molecule has 0 radical (unpaired) electrons. The highest BCUT2D eigenvalue weighted by Crippen LogP contribution is 2.16. The van der Waals surface area contributed by atoms with Crippen LogP contribution in [0.4, 0.5) is 0 Å². The number of methoxy groups -OCH3 is 1. The van der Waals surface area contributed by atoms with Gasteiger partial charge in [0.15, 0.2) is 5.96 Å². The maximum atomic E-state index is 5.71. The van der Waals surface area contributed by atoms with Crippen molar-refractivity contribution in [3.05, 3.63) is 24.3 Å². The Morgan fingerprint density at radius 1 is 1.15 bits per heavy atom. The maximum absolute atomic E-state index is 5.71. The number of rotatable bonds is 7. The van der Waals surface area contributed by atoms with Crippen LogP contribution in [-0.4, -0.2) is 89.4 Å². The lowest BCUT2D eigenvalue weighted by Gasteiger charge is -2.37. The first-order valence-electron chi connectivity index (χ1n) is 8.72. The van der Waals surface area contributed by atoms with Gasteiger partial charge in [0, 0.05) is 39.3 Å². The van der Waals surface area contributed by atoms with Crippen molar-refractivity contribution in [1.82, 2.24) is 20.4 Å². The van der Waals surface area contributed by atoms with E-state index in [0.717, 1.165) is 43.6 Å². The van der Waals surface area contributed by atoms with Crippen molar-refractivity contribution in [3.8, 4) is 11.5 Å². The number of halogens is 1. The summed E-state index contributed by atoms with van der Waals surface area (Å²) >= 11 is 0. The molecule has 1 aromatic carbocycles. The standard InChI is InChI=1S/C18H31N5O2.HI/c1-19-18(21-13-15-14-22(2)10-11-23(15)3)20-9-12-25-17-7-5-16(24-4)6-8-17;/h5-8,15H,9-14H2,1-4H3,(H2,19,20,21);1H. The number of benzene rings is 1. The van der Waals surface area contributed by atoms with Crippen LogP contribution < -0.4 is 20.1 Å². The smallest absolute Gasteiger partial charge is 0.191 e. The fourth-order valence-corrected chi connectivity index (χ4v) is 2.77. The predicted octanol–water partition coefficient (Wildman–Crippen LogP) is 1.10. The number of likely N-dealkylation sites (N-methyl/N-ethyl adjacent to an activating group) is 2. The zero-order valence-electron chi connectivity index (χ0n) is 16.2. The number of piperazine rings is 1. The molecule has 1 fully saturated rings. The van der Waals surface area contributed by atoms with Crippen LogP contribution in [0.3, 0.4) is 0 Å². The van der Waals surface area contributed by atoms with Crippen molar-refractivity contribution in [3.63, 3.8) is 0 Å². The molecule has 0 bridgehead atoms. The van der Waals surface area contributed by atoms with Crippen LogP contribution in [-0.2, 0) is 0 Å².